The largest absolute Gasteiger partial charge is 0.353 e. The molecule has 1 aromatic heterocycles. The number of nitrogens with zero attached hydrogens (tertiary/aromatic N) is 3. The third-order valence-corrected chi connectivity index (χ3v) is 4.89. The first-order valence-corrected chi connectivity index (χ1v) is 9.47. The summed E-state index contributed by atoms with van der Waals surface area (Å²) >= 11 is 0. The molecule has 2 heterocycles. The molecule has 1 aliphatic rings. The lowest BCUT2D eigenvalue weighted by Crippen LogP contribution is -2.56. The number of halogens is 1. The minimum atomic E-state index is -0.626. The maximum atomic E-state index is 13.1. The molecule has 3 rings (SSSR count). The summed E-state index contributed by atoms with van der Waals surface area (Å²) < 4.78 is 13.1. The number of carbonyl (C=O) groups is 2. The number of anilines is 1. The van der Waals surface area contributed by atoms with Gasteiger partial charge >= 0.3 is 0 Å². The Morgan fingerprint density at radius 2 is 1.71 bits per heavy atom. The van der Waals surface area contributed by atoms with Gasteiger partial charge in [0.2, 0.25) is 5.91 Å². The van der Waals surface area contributed by atoms with Crippen LogP contribution >= 0.6 is 0 Å². The summed E-state index contributed by atoms with van der Waals surface area (Å²) in [5.41, 5.74) is 0.333. The van der Waals surface area contributed by atoms with Gasteiger partial charge in [0, 0.05) is 37.9 Å². The van der Waals surface area contributed by atoms with Crippen molar-refractivity contribution in [2.24, 2.45) is 5.92 Å². The topological polar surface area (TPSA) is 65.5 Å². The second-order valence-electron chi connectivity index (χ2n) is 7.20. The molecule has 148 valence electrons. The number of hydrogen-bond acceptors (Lipinski definition) is 4. The van der Waals surface area contributed by atoms with Crippen molar-refractivity contribution in [3.8, 4) is 0 Å². The van der Waals surface area contributed by atoms with E-state index < -0.39 is 11.9 Å². The second-order valence-corrected chi connectivity index (χ2v) is 7.20. The van der Waals surface area contributed by atoms with E-state index >= 15 is 0 Å². The molecule has 0 aliphatic carbocycles. The summed E-state index contributed by atoms with van der Waals surface area (Å²) in [6.45, 7) is 6.34. The molecular formula is C21H25FN4O2. The zero-order valence-corrected chi connectivity index (χ0v) is 16.1. The van der Waals surface area contributed by atoms with Crippen molar-refractivity contribution in [1.82, 2.24) is 15.2 Å². The summed E-state index contributed by atoms with van der Waals surface area (Å²) in [6, 6.07) is 10.4. The lowest BCUT2D eigenvalue weighted by atomic mass is 10.0. The smallest absolute Gasteiger partial charge is 0.251 e. The van der Waals surface area contributed by atoms with Gasteiger partial charge < -0.3 is 15.1 Å². The Kier molecular flexibility index (Phi) is 6.23. The fourth-order valence-corrected chi connectivity index (χ4v) is 3.23. The van der Waals surface area contributed by atoms with E-state index in [0.29, 0.717) is 31.7 Å². The normalized spacial score (nSPS) is 15.4. The van der Waals surface area contributed by atoms with Gasteiger partial charge in [0.15, 0.2) is 0 Å². The van der Waals surface area contributed by atoms with Crippen LogP contribution in [0.1, 0.15) is 24.2 Å². The van der Waals surface area contributed by atoms with Gasteiger partial charge in [-0.15, -0.1) is 0 Å². The predicted molar refractivity (Wildman–Crippen MR) is 106 cm³/mol. The standard InChI is InChI=1S/C21H25FN4O2/c1-15(2)19(24-20(27)16-6-8-17(22)9-7-16)21(28)26-13-11-25(12-14-26)18-5-3-4-10-23-18/h3-10,15,19H,11-14H2,1-2H3,(H,24,27)/t19-/m1/s1. The first-order valence-electron chi connectivity index (χ1n) is 9.47. The van der Waals surface area contributed by atoms with Gasteiger partial charge in [-0.1, -0.05) is 19.9 Å². The van der Waals surface area contributed by atoms with E-state index in [2.05, 4.69) is 15.2 Å². The quantitative estimate of drug-likeness (QED) is 0.859. The van der Waals surface area contributed by atoms with E-state index in [-0.39, 0.29) is 17.7 Å². The Bertz CT molecular complexity index is 803. The summed E-state index contributed by atoms with van der Waals surface area (Å²) in [4.78, 5) is 33.8. The zero-order chi connectivity index (χ0) is 20.1. The fraction of sp³-hybridized carbons (Fsp3) is 0.381. The summed E-state index contributed by atoms with van der Waals surface area (Å²) in [7, 11) is 0. The maximum Gasteiger partial charge on any atom is 0.251 e. The number of pyridine rings is 1. The van der Waals surface area contributed by atoms with E-state index in [1.165, 1.54) is 24.3 Å². The molecule has 0 radical (unpaired) electrons. The molecule has 1 N–H and O–H groups in total. The van der Waals surface area contributed by atoms with Gasteiger partial charge in [-0.2, -0.15) is 0 Å². The number of hydrogen-bond donors (Lipinski definition) is 1. The van der Waals surface area contributed by atoms with Gasteiger partial charge in [0.1, 0.15) is 17.7 Å². The molecule has 1 saturated heterocycles. The van der Waals surface area contributed by atoms with Crippen LogP contribution in [0.15, 0.2) is 48.7 Å². The van der Waals surface area contributed by atoms with E-state index in [1.54, 1.807) is 11.1 Å². The van der Waals surface area contributed by atoms with E-state index in [9.17, 15) is 14.0 Å². The van der Waals surface area contributed by atoms with Crippen molar-refractivity contribution in [3.05, 3.63) is 60.0 Å². The second kappa shape index (κ2) is 8.82. The zero-order valence-electron chi connectivity index (χ0n) is 16.1. The van der Waals surface area contributed by atoms with Gasteiger partial charge in [-0.05, 0) is 42.3 Å². The number of piperazine rings is 1. The van der Waals surface area contributed by atoms with Crippen molar-refractivity contribution in [2.45, 2.75) is 19.9 Å². The SMILES string of the molecule is CC(C)[C@@H](NC(=O)c1ccc(F)cc1)C(=O)N1CCN(c2ccccn2)CC1. The highest BCUT2D eigenvalue weighted by atomic mass is 19.1. The average molecular weight is 384 g/mol. The third kappa shape index (κ3) is 4.65. The summed E-state index contributed by atoms with van der Waals surface area (Å²) in [5.74, 6) is -0.0329. The highest BCUT2D eigenvalue weighted by Gasteiger charge is 2.31. The van der Waals surface area contributed by atoms with Gasteiger partial charge in [0.05, 0.1) is 0 Å². The minimum Gasteiger partial charge on any atom is -0.353 e. The molecule has 0 spiro atoms. The van der Waals surface area contributed by atoms with Crippen molar-refractivity contribution in [1.29, 1.82) is 0 Å². The molecule has 0 saturated carbocycles. The first-order chi connectivity index (χ1) is 13.5. The predicted octanol–water partition coefficient (Wildman–Crippen LogP) is 2.32. The number of aromatic nitrogens is 1. The van der Waals surface area contributed by atoms with Crippen LogP contribution in [0.5, 0.6) is 0 Å². The monoisotopic (exact) mass is 384 g/mol. The number of benzene rings is 1. The Morgan fingerprint density at radius 1 is 1.04 bits per heavy atom. The van der Waals surface area contributed by atoms with Crippen LogP contribution in [-0.2, 0) is 4.79 Å². The molecule has 1 aliphatic heterocycles. The van der Waals surface area contributed by atoms with E-state index in [0.717, 1.165) is 5.82 Å². The molecule has 2 aromatic rings. The number of rotatable bonds is 5. The molecular weight excluding hydrogens is 359 g/mol. The molecule has 0 unspecified atom stereocenters. The summed E-state index contributed by atoms with van der Waals surface area (Å²) in [6.07, 6.45) is 1.76. The van der Waals surface area contributed by atoms with Crippen LogP contribution in [0.25, 0.3) is 0 Å². The van der Waals surface area contributed by atoms with Crippen LogP contribution in [0.3, 0.4) is 0 Å². The molecule has 1 aromatic carbocycles. The highest BCUT2D eigenvalue weighted by Crippen LogP contribution is 2.15. The molecule has 1 atom stereocenters. The Labute approximate surface area is 164 Å². The molecule has 28 heavy (non-hydrogen) atoms. The number of nitrogens with one attached hydrogen (secondary N) is 1. The molecule has 2 amide bonds. The van der Waals surface area contributed by atoms with Gasteiger partial charge in [0.25, 0.3) is 5.91 Å². The third-order valence-electron chi connectivity index (χ3n) is 4.89. The summed E-state index contributed by atoms with van der Waals surface area (Å²) in [5, 5.41) is 2.81. The van der Waals surface area contributed by atoms with E-state index in [1.807, 2.05) is 32.0 Å². The van der Waals surface area contributed by atoms with Crippen molar-refractivity contribution in [2.75, 3.05) is 31.1 Å². The lowest BCUT2D eigenvalue weighted by Gasteiger charge is -2.37. The fourth-order valence-electron chi connectivity index (χ4n) is 3.23. The number of carbonyl (C=O) groups excluding carboxylic acids is 2. The van der Waals surface area contributed by atoms with Crippen molar-refractivity contribution in [3.63, 3.8) is 0 Å². The minimum absolute atomic E-state index is 0.0642. The molecule has 7 heteroatoms. The number of amides is 2. The van der Waals surface area contributed by atoms with Gasteiger partial charge in [-0.25, -0.2) is 9.37 Å². The van der Waals surface area contributed by atoms with Crippen LogP contribution in [0.4, 0.5) is 10.2 Å². The Balaban J connectivity index is 1.62. The van der Waals surface area contributed by atoms with Crippen molar-refractivity contribution < 1.29 is 14.0 Å². The van der Waals surface area contributed by atoms with Crippen molar-refractivity contribution >= 4 is 17.6 Å². The van der Waals surface area contributed by atoms with E-state index in [4.69, 9.17) is 0 Å². The van der Waals surface area contributed by atoms with Crippen LogP contribution < -0.4 is 10.2 Å². The molecule has 1 fully saturated rings. The van der Waals surface area contributed by atoms with Crippen LogP contribution in [0, 0.1) is 11.7 Å². The molecule has 0 bridgehead atoms. The van der Waals surface area contributed by atoms with Gasteiger partial charge in [-0.3, -0.25) is 9.59 Å². The average Bonchev–Trinajstić information content (AvgIpc) is 2.72. The Hall–Kier alpha value is -2.96. The molecule has 6 nitrogen and oxygen atoms in total. The first kappa shape index (κ1) is 19.8. The highest BCUT2D eigenvalue weighted by molar-refractivity contribution is 5.97. The maximum absolute atomic E-state index is 13.1. The van der Waals surface area contributed by atoms with Crippen LogP contribution in [-0.4, -0.2) is 53.9 Å². The Morgan fingerprint density at radius 3 is 2.29 bits per heavy atom. The van der Waals surface area contributed by atoms with Crippen LogP contribution in [0.2, 0.25) is 0 Å². The lowest BCUT2D eigenvalue weighted by molar-refractivity contribution is -0.134.